The third-order valence-electron chi connectivity index (χ3n) is 5.03. The van der Waals surface area contributed by atoms with Crippen molar-refractivity contribution in [1.82, 2.24) is 0 Å². The number of nitrogens with one attached hydrogen (secondary N) is 1. The number of carbonyl (C=O) groups excluding carboxylic acids is 2. The molecule has 3 rings (SSSR count). The molecule has 0 aliphatic carbocycles. The van der Waals surface area contributed by atoms with Crippen LogP contribution in [0.3, 0.4) is 0 Å². The second-order valence-electron chi connectivity index (χ2n) is 7.92. The lowest BCUT2D eigenvalue weighted by Gasteiger charge is -2.34. The van der Waals surface area contributed by atoms with Crippen molar-refractivity contribution in [3.8, 4) is 17.2 Å². The predicted molar refractivity (Wildman–Crippen MR) is 132 cm³/mol. The van der Waals surface area contributed by atoms with E-state index in [1.54, 1.807) is 30.3 Å². The maximum atomic E-state index is 12.8. The topological polar surface area (TPSA) is 103 Å². The zero-order chi connectivity index (χ0) is 24.2. The average Bonchev–Trinajstić information content (AvgIpc) is 3.22. The Labute approximate surface area is 213 Å². The van der Waals surface area contributed by atoms with Crippen LogP contribution in [0.4, 0.5) is 10.5 Å². The van der Waals surface area contributed by atoms with Crippen molar-refractivity contribution in [3.63, 3.8) is 0 Å². The Bertz CT molecular complexity index is 1050. The third-order valence-corrected chi connectivity index (χ3v) is 6.35. The summed E-state index contributed by atoms with van der Waals surface area (Å²) in [6.45, 7) is 3.93. The summed E-state index contributed by atoms with van der Waals surface area (Å²) in [4.78, 5) is 24.3. The third kappa shape index (κ3) is 6.48. The van der Waals surface area contributed by atoms with E-state index in [1.807, 2.05) is 13.8 Å². The van der Waals surface area contributed by atoms with Gasteiger partial charge in [-0.05, 0) is 46.6 Å². The fourth-order valence-electron chi connectivity index (χ4n) is 3.26. The summed E-state index contributed by atoms with van der Waals surface area (Å²) in [5, 5.41) is 13.4. The van der Waals surface area contributed by atoms with Crippen molar-refractivity contribution in [3.05, 3.63) is 44.8 Å². The van der Waals surface area contributed by atoms with Crippen LogP contribution < -0.4 is 14.8 Å². The van der Waals surface area contributed by atoms with Gasteiger partial charge < -0.3 is 24.1 Å². The second-order valence-corrected chi connectivity index (χ2v) is 10.0. The molecule has 11 heteroatoms. The molecule has 0 spiro atoms. The van der Waals surface area contributed by atoms with E-state index < -0.39 is 23.6 Å². The van der Waals surface area contributed by atoms with Crippen LogP contribution in [0.5, 0.6) is 17.2 Å². The molecule has 2 aromatic carbocycles. The molecule has 0 unspecified atom stereocenters. The number of rotatable bonds is 8. The molecular formula is C22H23Br2NO7S. The van der Waals surface area contributed by atoms with E-state index in [2.05, 4.69) is 49.8 Å². The highest BCUT2D eigenvalue weighted by atomic mass is 79.9. The first-order chi connectivity index (χ1) is 15.6. The summed E-state index contributed by atoms with van der Waals surface area (Å²) in [7, 11) is 0. The minimum atomic E-state index is -0.880. The molecule has 33 heavy (non-hydrogen) atoms. The minimum absolute atomic E-state index is 0.0301. The zero-order valence-corrected chi connectivity index (χ0v) is 22.0. The van der Waals surface area contributed by atoms with Crippen molar-refractivity contribution >= 4 is 62.2 Å². The lowest BCUT2D eigenvalue weighted by atomic mass is 9.79. The first kappa shape index (κ1) is 25.5. The molecule has 1 amide bonds. The number of thiol groups is 1. The molecule has 0 saturated heterocycles. The molecule has 2 aromatic rings. The number of benzene rings is 2. The number of esters is 1. The molecule has 0 radical (unpaired) electrons. The summed E-state index contributed by atoms with van der Waals surface area (Å²) < 4.78 is 22.7. The maximum Gasteiger partial charge on any atom is 0.412 e. The highest BCUT2D eigenvalue weighted by molar-refractivity contribution is 9.11. The fourth-order valence-corrected chi connectivity index (χ4v) is 4.61. The van der Waals surface area contributed by atoms with Gasteiger partial charge in [-0.15, -0.1) is 0 Å². The summed E-state index contributed by atoms with van der Waals surface area (Å²) in [6.07, 6.45) is -1.25. The van der Waals surface area contributed by atoms with Gasteiger partial charge in [-0.3, -0.25) is 10.1 Å². The monoisotopic (exact) mass is 603 g/mol. The number of aromatic hydroxyl groups is 1. The highest BCUT2D eigenvalue weighted by Crippen LogP contribution is 2.46. The van der Waals surface area contributed by atoms with Gasteiger partial charge in [0.1, 0.15) is 11.9 Å². The molecule has 0 bridgehead atoms. The molecule has 0 fully saturated rings. The van der Waals surface area contributed by atoms with Gasteiger partial charge in [-0.25, -0.2) is 4.79 Å². The average molecular weight is 605 g/mol. The van der Waals surface area contributed by atoms with E-state index in [0.29, 0.717) is 38.1 Å². The van der Waals surface area contributed by atoms with E-state index in [9.17, 15) is 14.7 Å². The first-order valence-corrected chi connectivity index (χ1v) is 12.1. The van der Waals surface area contributed by atoms with E-state index >= 15 is 0 Å². The number of hydrogen-bond acceptors (Lipinski definition) is 8. The normalized spacial score (nSPS) is 13.4. The number of phenols is 1. The molecule has 1 aliphatic rings. The minimum Gasteiger partial charge on any atom is -0.506 e. The molecule has 1 atom stereocenters. The van der Waals surface area contributed by atoms with Crippen LogP contribution >= 0.6 is 44.5 Å². The number of fused-ring (bicyclic) bond motifs is 1. The molecule has 1 heterocycles. The molecular weight excluding hydrogens is 582 g/mol. The van der Waals surface area contributed by atoms with Crippen LogP contribution in [-0.4, -0.2) is 36.3 Å². The van der Waals surface area contributed by atoms with Gasteiger partial charge in [0.05, 0.1) is 16.8 Å². The lowest BCUT2D eigenvalue weighted by Crippen LogP contribution is -2.30. The molecule has 2 N–H and O–H groups in total. The summed E-state index contributed by atoms with van der Waals surface area (Å²) in [5.41, 5.74) is 0.131. The van der Waals surface area contributed by atoms with Gasteiger partial charge in [0.2, 0.25) is 6.79 Å². The Kier molecular flexibility index (Phi) is 8.41. The van der Waals surface area contributed by atoms with E-state index in [1.165, 1.54) is 0 Å². The maximum absolute atomic E-state index is 12.8. The van der Waals surface area contributed by atoms with Crippen LogP contribution in [0.15, 0.2) is 39.3 Å². The van der Waals surface area contributed by atoms with Gasteiger partial charge in [-0.1, -0.05) is 29.8 Å². The van der Waals surface area contributed by atoms with E-state index in [4.69, 9.17) is 18.9 Å². The van der Waals surface area contributed by atoms with Gasteiger partial charge in [0.25, 0.3) is 0 Å². The standard InChI is InChI=1S/C22H23Br2NO7S/c1-22(2,5-6-29-18(26)10-33)20(14-7-12(23)8-15(24)19(14)27)32-21(28)25-13-3-4-16-17(9-13)31-11-30-16/h3-4,7-9,20,27,33H,5-6,10-11H2,1-2H3,(H,25,28)/t20-/m1/s1. The van der Waals surface area contributed by atoms with E-state index in [-0.39, 0.29) is 24.9 Å². The summed E-state index contributed by atoms with van der Waals surface area (Å²) in [6, 6.07) is 8.35. The first-order valence-electron chi connectivity index (χ1n) is 9.92. The van der Waals surface area contributed by atoms with E-state index in [0.717, 1.165) is 0 Å². The van der Waals surface area contributed by atoms with Crippen LogP contribution in [-0.2, 0) is 14.3 Å². The highest BCUT2D eigenvalue weighted by Gasteiger charge is 2.37. The Morgan fingerprint density at radius 1 is 1.21 bits per heavy atom. The number of carbonyl (C=O) groups is 2. The number of hydrogen-bond donors (Lipinski definition) is 3. The largest absolute Gasteiger partial charge is 0.506 e. The number of ether oxygens (including phenoxy) is 4. The predicted octanol–water partition coefficient (Wildman–Crippen LogP) is 5.83. The molecule has 1 aliphatic heterocycles. The molecule has 8 nitrogen and oxygen atoms in total. The lowest BCUT2D eigenvalue weighted by molar-refractivity contribution is -0.141. The van der Waals surface area contributed by atoms with Gasteiger partial charge in [-0.2, -0.15) is 12.6 Å². The van der Waals surface area contributed by atoms with Crippen molar-refractivity contribution < 1.29 is 33.6 Å². The molecule has 0 aromatic heterocycles. The molecule has 178 valence electrons. The zero-order valence-electron chi connectivity index (χ0n) is 17.9. The SMILES string of the molecule is CC(C)(CCOC(=O)CS)[C@H](OC(=O)Nc1ccc2c(c1)OCO2)c1cc(Br)cc(Br)c1O. The number of halogens is 2. The fraction of sp³-hybridized carbons (Fsp3) is 0.364. The Hall–Kier alpha value is -2.11. The number of anilines is 1. The van der Waals surface area contributed by atoms with Crippen LogP contribution in [0.2, 0.25) is 0 Å². The quantitative estimate of drug-likeness (QED) is 0.257. The van der Waals surface area contributed by atoms with Crippen LogP contribution in [0, 0.1) is 5.41 Å². The smallest absolute Gasteiger partial charge is 0.412 e. The van der Waals surface area contributed by atoms with Gasteiger partial charge in [0, 0.05) is 27.2 Å². The molecule has 0 saturated carbocycles. The van der Waals surface area contributed by atoms with Crippen molar-refractivity contribution in [1.29, 1.82) is 0 Å². The number of amides is 1. The van der Waals surface area contributed by atoms with Gasteiger partial charge >= 0.3 is 12.1 Å². The number of phenolic OH excluding ortho intramolecular Hbond substituents is 1. The summed E-state index contributed by atoms with van der Waals surface area (Å²) in [5.74, 6) is 0.578. The van der Waals surface area contributed by atoms with Crippen molar-refractivity contribution in [2.24, 2.45) is 5.41 Å². The summed E-state index contributed by atoms with van der Waals surface area (Å²) >= 11 is 10.6. The second kappa shape index (κ2) is 10.9. The Morgan fingerprint density at radius 3 is 2.67 bits per heavy atom. The van der Waals surface area contributed by atoms with Gasteiger partial charge in [0.15, 0.2) is 11.5 Å². The van der Waals surface area contributed by atoms with Crippen LogP contribution in [0.25, 0.3) is 0 Å². The van der Waals surface area contributed by atoms with Crippen molar-refractivity contribution in [2.45, 2.75) is 26.4 Å². The van der Waals surface area contributed by atoms with Crippen molar-refractivity contribution in [2.75, 3.05) is 24.5 Å². The Morgan fingerprint density at radius 2 is 1.94 bits per heavy atom. The van der Waals surface area contributed by atoms with Crippen LogP contribution in [0.1, 0.15) is 31.9 Å². The Balaban J connectivity index is 1.83.